The van der Waals surface area contributed by atoms with Crippen molar-refractivity contribution < 1.29 is 28.3 Å². The molecule has 11 heteroatoms. The lowest BCUT2D eigenvalue weighted by atomic mass is 10.1. The largest absolute Gasteiger partial charge is 0.472 e. The Morgan fingerprint density at radius 1 is 1.45 bits per heavy atom. The fourth-order valence-electron chi connectivity index (χ4n) is 2.19. The van der Waals surface area contributed by atoms with Crippen LogP contribution in [-0.2, 0) is 18.3 Å². The Balaban J connectivity index is 1.92. The van der Waals surface area contributed by atoms with Crippen molar-refractivity contribution in [2.45, 2.75) is 24.5 Å². The molecule has 3 rings (SSSR count). The molecule has 0 amide bonds. The van der Waals surface area contributed by atoms with Gasteiger partial charge in [-0.2, -0.15) is 0 Å². The number of aliphatic hydroxyl groups excluding tert-OH is 1. The molecule has 110 valence electrons. The van der Waals surface area contributed by atoms with Gasteiger partial charge in [-0.15, -0.1) is 0 Å². The molecule has 3 heterocycles. The zero-order chi connectivity index (χ0) is 14.5. The van der Waals surface area contributed by atoms with Crippen LogP contribution in [0.5, 0.6) is 0 Å². The maximum Gasteiger partial charge on any atom is 0.472 e. The molecule has 0 aromatic carbocycles. The van der Waals surface area contributed by atoms with Gasteiger partial charge in [0.05, 0.1) is 6.61 Å². The highest BCUT2D eigenvalue weighted by Crippen LogP contribution is 2.52. The molecule has 2 aliphatic heterocycles. The molecule has 10 nitrogen and oxygen atoms in total. The standard InChI is InChI=1S/C9H11N2O8P/c12-5-1-2-11(9(14)10-5)8-6(13)7-4(18-8)3-17-20(15,16)19-7/h1-2,4,6-8,13H,3H2,(H,15,16)(H,10,12,14)/t4-,6+,7-,8-/m1/s1. The van der Waals surface area contributed by atoms with Crippen molar-refractivity contribution in [1.29, 1.82) is 0 Å². The Labute approximate surface area is 111 Å². The van der Waals surface area contributed by atoms with Crippen LogP contribution < -0.4 is 11.2 Å². The van der Waals surface area contributed by atoms with Gasteiger partial charge in [-0.25, -0.2) is 9.36 Å². The summed E-state index contributed by atoms with van der Waals surface area (Å²) < 4.78 is 27.0. The van der Waals surface area contributed by atoms with Gasteiger partial charge in [-0.3, -0.25) is 23.4 Å². The summed E-state index contributed by atoms with van der Waals surface area (Å²) in [7, 11) is -4.22. The van der Waals surface area contributed by atoms with E-state index < -0.39 is 43.6 Å². The zero-order valence-corrected chi connectivity index (χ0v) is 10.8. The topological polar surface area (TPSA) is 140 Å². The highest BCUT2D eigenvalue weighted by molar-refractivity contribution is 7.47. The number of aliphatic hydroxyl groups is 1. The van der Waals surface area contributed by atoms with Crippen LogP contribution in [0.2, 0.25) is 0 Å². The maximum atomic E-state index is 11.6. The van der Waals surface area contributed by atoms with Gasteiger partial charge in [0.1, 0.15) is 18.3 Å². The van der Waals surface area contributed by atoms with E-state index in [4.69, 9.17) is 9.26 Å². The first-order chi connectivity index (χ1) is 9.37. The van der Waals surface area contributed by atoms with Gasteiger partial charge in [0.25, 0.3) is 5.56 Å². The van der Waals surface area contributed by atoms with Crippen LogP contribution in [0.25, 0.3) is 0 Å². The third-order valence-electron chi connectivity index (χ3n) is 3.09. The van der Waals surface area contributed by atoms with Crippen molar-refractivity contribution in [3.8, 4) is 0 Å². The van der Waals surface area contributed by atoms with Crippen LogP contribution in [0.15, 0.2) is 21.9 Å². The van der Waals surface area contributed by atoms with E-state index in [1.807, 2.05) is 4.98 Å². The lowest BCUT2D eigenvalue weighted by molar-refractivity contribution is -0.0685. The van der Waals surface area contributed by atoms with Gasteiger partial charge in [0, 0.05) is 12.3 Å². The second-order valence-electron chi connectivity index (χ2n) is 4.41. The van der Waals surface area contributed by atoms with E-state index >= 15 is 0 Å². The number of aromatic nitrogens is 2. The van der Waals surface area contributed by atoms with Crippen molar-refractivity contribution in [3.05, 3.63) is 33.1 Å². The summed E-state index contributed by atoms with van der Waals surface area (Å²) in [5, 5.41) is 10.1. The van der Waals surface area contributed by atoms with Crippen molar-refractivity contribution in [2.24, 2.45) is 0 Å². The number of aromatic amines is 1. The van der Waals surface area contributed by atoms with E-state index in [2.05, 4.69) is 4.52 Å². The number of fused-ring (bicyclic) bond motifs is 1. The predicted octanol–water partition coefficient (Wildman–Crippen LogP) is -1.69. The second kappa shape index (κ2) is 4.62. The molecule has 0 spiro atoms. The van der Waals surface area contributed by atoms with Crippen LogP contribution in [0, 0.1) is 0 Å². The normalized spacial score (nSPS) is 40.5. The van der Waals surface area contributed by atoms with E-state index in [0.717, 1.165) is 16.8 Å². The molecule has 20 heavy (non-hydrogen) atoms. The number of hydrogen-bond donors (Lipinski definition) is 3. The van der Waals surface area contributed by atoms with E-state index in [1.54, 1.807) is 0 Å². The minimum Gasteiger partial charge on any atom is -0.386 e. The van der Waals surface area contributed by atoms with Crippen molar-refractivity contribution in [3.63, 3.8) is 0 Å². The Hall–Kier alpha value is -1.29. The molecular formula is C9H11N2O8P. The van der Waals surface area contributed by atoms with E-state index in [9.17, 15) is 24.2 Å². The molecule has 1 aromatic rings. The SMILES string of the molecule is O=c1ccn([C@@H]2O[C@@H]3COP(=O)(O)O[C@H]3[C@@H]2O)c(=O)[nH]1. The highest BCUT2D eigenvalue weighted by Gasteiger charge is 2.52. The first-order valence-corrected chi connectivity index (χ1v) is 7.18. The third kappa shape index (κ3) is 2.26. The molecule has 5 atom stereocenters. The Morgan fingerprint density at radius 2 is 2.20 bits per heavy atom. The molecule has 0 radical (unpaired) electrons. The molecule has 3 N–H and O–H groups in total. The number of phosphoric ester groups is 1. The molecule has 1 aromatic heterocycles. The number of ether oxygens (including phenoxy) is 1. The summed E-state index contributed by atoms with van der Waals surface area (Å²) in [6.45, 7) is -0.246. The van der Waals surface area contributed by atoms with E-state index in [1.165, 1.54) is 0 Å². The van der Waals surface area contributed by atoms with Crippen LogP contribution in [0.4, 0.5) is 0 Å². The smallest absolute Gasteiger partial charge is 0.386 e. The number of phosphoric acid groups is 1. The first-order valence-electron chi connectivity index (χ1n) is 5.68. The Morgan fingerprint density at radius 3 is 2.90 bits per heavy atom. The Kier molecular flexibility index (Phi) is 3.16. The van der Waals surface area contributed by atoms with Crippen LogP contribution in [0.3, 0.4) is 0 Å². The van der Waals surface area contributed by atoms with Gasteiger partial charge in [-0.1, -0.05) is 0 Å². The lowest BCUT2D eigenvalue weighted by Gasteiger charge is -2.27. The molecule has 0 saturated carbocycles. The van der Waals surface area contributed by atoms with Crippen molar-refractivity contribution in [2.75, 3.05) is 6.61 Å². The van der Waals surface area contributed by atoms with Gasteiger partial charge in [-0.05, 0) is 0 Å². The number of rotatable bonds is 1. The van der Waals surface area contributed by atoms with Gasteiger partial charge in [0.15, 0.2) is 6.23 Å². The van der Waals surface area contributed by atoms with Crippen molar-refractivity contribution in [1.82, 2.24) is 9.55 Å². The molecule has 2 aliphatic rings. The highest BCUT2D eigenvalue weighted by atomic mass is 31.2. The first kappa shape index (κ1) is 13.7. The second-order valence-corrected chi connectivity index (χ2v) is 5.81. The molecule has 2 fully saturated rings. The van der Waals surface area contributed by atoms with Crippen LogP contribution in [0.1, 0.15) is 6.23 Å². The molecule has 0 aliphatic carbocycles. The predicted molar refractivity (Wildman–Crippen MR) is 61.9 cm³/mol. The molecule has 0 bridgehead atoms. The number of H-pyrrole nitrogens is 1. The van der Waals surface area contributed by atoms with Gasteiger partial charge in [0.2, 0.25) is 0 Å². The van der Waals surface area contributed by atoms with Crippen molar-refractivity contribution >= 4 is 7.82 Å². The Bertz CT molecular complexity index is 683. The van der Waals surface area contributed by atoms with Crippen LogP contribution in [-0.4, -0.2) is 44.5 Å². The van der Waals surface area contributed by atoms with Gasteiger partial charge >= 0.3 is 13.5 Å². The maximum absolute atomic E-state index is 11.6. The molecular weight excluding hydrogens is 295 g/mol. The van der Waals surface area contributed by atoms with E-state index in [-0.39, 0.29) is 6.61 Å². The molecule has 2 saturated heterocycles. The monoisotopic (exact) mass is 306 g/mol. The third-order valence-corrected chi connectivity index (χ3v) is 4.08. The fraction of sp³-hybridized carbons (Fsp3) is 0.556. The minimum absolute atomic E-state index is 0.246. The number of hydrogen-bond acceptors (Lipinski definition) is 7. The summed E-state index contributed by atoms with van der Waals surface area (Å²) in [6, 6.07) is 1.09. The zero-order valence-electron chi connectivity index (χ0n) is 9.91. The summed E-state index contributed by atoms with van der Waals surface area (Å²) >= 11 is 0. The minimum atomic E-state index is -4.22. The summed E-state index contributed by atoms with van der Waals surface area (Å²) in [4.78, 5) is 33.9. The average molecular weight is 306 g/mol. The molecule has 1 unspecified atom stereocenters. The quantitative estimate of drug-likeness (QED) is 0.522. The van der Waals surface area contributed by atoms with Gasteiger partial charge < -0.3 is 14.7 Å². The number of nitrogens with one attached hydrogen (secondary N) is 1. The summed E-state index contributed by atoms with van der Waals surface area (Å²) in [6.07, 6.45) is -3.22. The fourth-order valence-corrected chi connectivity index (χ4v) is 3.16. The summed E-state index contributed by atoms with van der Waals surface area (Å²) in [5.41, 5.74) is -1.36. The van der Waals surface area contributed by atoms with E-state index in [0.29, 0.717) is 0 Å². The lowest BCUT2D eigenvalue weighted by Crippen LogP contribution is -2.40. The average Bonchev–Trinajstić information content (AvgIpc) is 2.66. The summed E-state index contributed by atoms with van der Waals surface area (Å²) in [5.74, 6) is 0. The van der Waals surface area contributed by atoms with Crippen LogP contribution >= 0.6 is 7.82 Å². The number of nitrogens with zero attached hydrogens (tertiary/aromatic N) is 1.